The number of nitrogens with zero attached hydrogens (tertiary/aromatic N) is 2. The largest absolute Gasteiger partial charge is 0.546 e. The molecule has 2 rings (SSSR count). The Bertz CT molecular complexity index is 646. The molecule has 0 saturated heterocycles. The van der Waals surface area contributed by atoms with E-state index in [4.69, 9.17) is 21.6 Å². The molecule has 0 fully saturated rings. The summed E-state index contributed by atoms with van der Waals surface area (Å²) < 4.78 is 24.0. The first-order valence-corrected chi connectivity index (χ1v) is 7.54. The van der Waals surface area contributed by atoms with E-state index in [-0.39, 0.29) is 11.8 Å². The number of nitrogens with one attached hydrogen (secondary N) is 3. The first-order valence-electron chi connectivity index (χ1n) is 6.48. The molecule has 22 heavy (non-hydrogen) atoms. The van der Waals surface area contributed by atoms with Crippen LogP contribution in [0.1, 0.15) is 6.42 Å². The number of aromatic nitrogens is 2. The zero-order valence-electron chi connectivity index (χ0n) is 11.7. The Morgan fingerprint density at radius 2 is 2.14 bits per heavy atom. The van der Waals surface area contributed by atoms with Gasteiger partial charge in [0.15, 0.2) is 17.1 Å². The third-order valence-corrected chi connectivity index (χ3v) is 3.31. The topological polar surface area (TPSA) is 158 Å². The summed E-state index contributed by atoms with van der Waals surface area (Å²) in [4.78, 5) is 0. The van der Waals surface area contributed by atoms with Gasteiger partial charge in [0.25, 0.3) is 0 Å². The second-order valence-electron chi connectivity index (χ2n) is 4.31. The standard InChI is InChI=1S/C12H17N7O2S/c13-10-11(19-22(20)18-10)16-6-3-7-21-9-5-2-1-4-8(9)17-12(14)15/h1-2,4-5H,3,6-7H2,(H2,13,18)(H,16,19)(H4,14,15,17). The highest BCUT2D eigenvalue weighted by molar-refractivity contribution is 7.14. The van der Waals surface area contributed by atoms with Gasteiger partial charge in [-0.1, -0.05) is 12.1 Å². The molecule has 0 spiro atoms. The molecule has 2 aromatic rings. The average molecular weight is 323 g/mol. The summed E-state index contributed by atoms with van der Waals surface area (Å²) in [6, 6.07) is 7.21. The van der Waals surface area contributed by atoms with Crippen molar-refractivity contribution in [2.45, 2.75) is 6.42 Å². The molecule has 9 nitrogen and oxygen atoms in total. The molecule has 1 aromatic carbocycles. The van der Waals surface area contributed by atoms with Gasteiger partial charge in [-0.25, -0.2) is 0 Å². The van der Waals surface area contributed by atoms with Crippen molar-refractivity contribution >= 4 is 34.4 Å². The summed E-state index contributed by atoms with van der Waals surface area (Å²) in [6.45, 7) is 0.992. The Hall–Kier alpha value is -2.59. The van der Waals surface area contributed by atoms with Crippen molar-refractivity contribution in [3.63, 3.8) is 0 Å². The smallest absolute Gasteiger partial charge is 0.232 e. The zero-order valence-corrected chi connectivity index (χ0v) is 12.5. The van der Waals surface area contributed by atoms with E-state index in [2.05, 4.69) is 19.4 Å². The van der Waals surface area contributed by atoms with Gasteiger partial charge < -0.3 is 31.4 Å². The lowest BCUT2D eigenvalue weighted by Crippen LogP contribution is -2.21. The number of hydrogen-bond acceptors (Lipinski definition) is 7. The highest BCUT2D eigenvalue weighted by Gasteiger charge is 2.11. The third kappa shape index (κ3) is 4.46. The summed E-state index contributed by atoms with van der Waals surface area (Å²) in [7, 11) is 0. The Kier molecular flexibility index (Phi) is 5.33. The molecule has 0 radical (unpaired) electrons. The minimum absolute atomic E-state index is 0.148. The van der Waals surface area contributed by atoms with Crippen LogP contribution in [0, 0.1) is 5.41 Å². The molecule has 0 aliphatic carbocycles. The molecule has 1 heterocycles. The number of rotatable bonds is 7. The first kappa shape index (κ1) is 15.8. The quantitative estimate of drug-likeness (QED) is 0.218. The Balaban J connectivity index is 1.77. The number of hydrogen-bond donors (Lipinski definition) is 5. The van der Waals surface area contributed by atoms with Crippen molar-refractivity contribution < 1.29 is 9.29 Å². The zero-order chi connectivity index (χ0) is 15.9. The number of benzene rings is 1. The number of guanidine groups is 1. The predicted octanol–water partition coefficient (Wildman–Crippen LogP) is 0.973. The van der Waals surface area contributed by atoms with Crippen molar-refractivity contribution in [3.8, 4) is 5.75 Å². The fraction of sp³-hybridized carbons (Fsp3) is 0.250. The van der Waals surface area contributed by atoms with E-state index in [9.17, 15) is 4.55 Å². The van der Waals surface area contributed by atoms with Gasteiger partial charge in [0.2, 0.25) is 11.6 Å². The van der Waals surface area contributed by atoms with Crippen LogP contribution in [0.4, 0.5) is 17.3 Å². The van der Waals surface area contributed by atoms with Crippen LogP contribution in [-0.2, 0) is 0 Å². The van der Waals surface area contributed by atoms with Crippen LogP contribution < -0.4 is 26.8 Å². The lowest BCUT2D eigenvalue weighted by atomic mass is 10.3. The number of ether oxygens (including phenoxy) is 1. The fourth-order valence-corrected chi connectivity index (χ4v) is 2.31. The predicted molar refractivity (Wildman–Crippen MR) is 85.7 cm³/mol. The molecule has 1 aromatic heterocycles. The summed E-state index contributed by atoms with van der Waals surface area (Å²) in [5, 5.41) is 12.9. The van der Waals surface area contributed by atoms with Gasteiger partial charge in [-0.3, -0.25) is 5.41 Å². The molecule has 1 atom stereocenters. The molecule has 0 amide bonds. The molecular formula is C12H17N7O2S. The molecular weight excluding hydrogens is 306 g/mol. The Labute approximate surface area is 130 Å². The van der Waals surface area contributed by atoms with Crippen molar-refractivity contribution in [2.24, 2.45) is 5.73 Å². The SMILES string of the molecule is N=C(N)Nc1ccccc1OCCCNc1n[s+]([O-])nc1N. The molecule has 0 bridgehead atoms. The maximum Gasteiger partial charge on any atom is 0.232 e. The maximum absolute atomic E-state index is 11.0. The van der Waals surface area contributed by atoms with Gasteiger partial charge in [-0.15, -0.1) is 0 Å². The average Bonchev–Trinajstić information content (AvgIpc) is 2.78. The second-order valence-corrected chi connectivity index (χ2v) is 5.14. The molecule has 118 valence electrons. The van der Waals surface area contributed by atoms with Gasteiger partial charge in [-0.05, 0) is 18.6 Å². The van der Waals surface area contributed by atoms with E-state index in [0.717, 1.165) is 0 Å². The first-order chi connectivity index (χ1) is 10.6. The summed E-state index contributed by atoms with van der Waals surface area (Å²) >= 11 is -1.61. The highest BCUT2D eigenvalue weighted by atomic mass is 32.2. The van der Waals surface area contributed by atoms with Crippen LogP contribution in [0.5, 0.6) is 5.75 Å². The minimum atomic E-state index is -1.61. The summed E-state index contributed by atoms with van der Waals surface area (Å²) in [5.41, 5.74) is 11.5. The second kappa shape index (κ2) is 7.43. The van der Waals surface area contributed by atoms with Gasteiger partial charge in [0, 0.05) is 15.3 Å². The Morgan fingerprint density at radius 3 is 2.82 bits per heavy atom. The van der Waals surface area contributed by atoms with Crippen LogP contribution in [0.15, 0.2) is 24.3 Å². The molecule has 10 heteroatoms. The molecule has 0 aliphatic heterocycles. The highest BCUT2D eigenvalue weighted by Crippen LogP contribution is 2.23. The van der Waals surface area contributed by atoms with Crippen molar-refractivity contribution in [1.82, 2.24) is 8.75 Å². The van der Waals surface area contributed by atoms with Crippen LogP contribution in [-0.4, -0.2) is 32.4 Å². The molecule has 0 aliphatic rings. The van der Waals surface area contributed by atoms with E-state index in [0.29, 0.717) is 36.8 Å². The summed E-state index contributed by atoms with van der Waals surface area (Å²) in [5.74, 6) is 0.949. The van der Waals surface area contributed by atoms with E-state index >= 15 is 0 Å². The van der Waals surface area contributed by atoms with E-state index in [1.165, 1.54) is 0 Å². The fourth-order valence-electron chi connectivity index (χ4n) is 1.70. The van der Waals surface area contributed by atoms with Crippen LogP contribution in [0.3, 0.4) is 0 Å². The summed E-state index contributed by atoms with van der Waals surface area (Å²) in [6.07, 6.45) is 0.674. The normalized spacial score (nSPS) is 11.0. The van der Waals surface area contributed by atoms with Gasteiger partial charge in [0.05, 0.1) is 12.3 Å². The van der Waals surface area contributed by atoms with Crippen LogP contribution in [0.25, 0.3) is 0 Å². The van der Waals surface area contributed by atoms with E-state index < -0.39 is 11.1 Å². The molecule has 0 saturated carbocycles. The van der Waals surface area contributed by atoms with Crippen LogP contribution >= 0.6 is 11.1 Å². The van der Waals surface area contributed by atoms with Crippen LogP contribution in [0.2, 0.25) is 0 Å². The minimum Gasteiger partial charge on any atom is -0.546 e. The maximum atomic E-state index is 11.0. The van der Waals surface area contributed by atoms with E-state index in [1.807, 2.05) is 12.1 Å². The number of para-hydroxylation sites is 2. The van der Waals surface area contributed by atoms with E-state index in [1.54, 1.807) is 12.1 Å². The van der Waals surface area contributed by atoms with Gasteiger partial charge in [0.1, 0.15) is 5.75 Å². The number of anilines is 3. The lowest BCUT2D eigenvalue weighted by molar-refractivity contribution is 0.316. The van der Waals surface area contributed by atoms with Crippen molar-refractivity contribution in [3.05, 3.63) is 24.3 Å². The van der Waals surface area contributed by atoms with Gasteiger partial charge in [-0.2, -0.15) is 0 Å². The molecule has 1 unspecified atom stereocenters. The number of nitrogen functional groups attached to an aromatic ring is 1. The third-order valence-electron chi connectivity index (χ3n) is 2.62. The van der Waals surface area contributed by atoms with Crippen molar-refractivity contribution in [2.75, 3.05) is 29.5 Å². The molecule has 7 N–H and O–H groups in total. The van der Waals surface area contributed by atoms with Crippen molar-refractivity contribution in [1.29, 1.82) is 5.41 Å². The number of nitrogens with two attached hydrogens (primary N) is 2. The monoisotopic (exact) mass is 323 g/mol. The Morgan fingerprint density at radius 1 is 1.36 bits per heavy atom. The lowest BCUT2D eigenvalue weighted by Gasteiger charge is -2.12. The van der Waals surface area contributed by atoms with Gasteiger partial charge >= 0.3 is 0 Å².